The lowest BCUT2D eigenvalue weighted by Crippen LogP contribution is -2.42. The molecule has 2 N–H and O–H groups in total. The lowest BCUT2D eigenvalue weighted by atomic mass is 9.95. The number of rotatable bonds is 4. The Morgan fingerprint density at radius 3 is 2.66 bits per heavy atom. The van der Waals surface area contributed by atoms with Gasteiger partial charge in [-0.15, -0.1) is 0 Å². The first kappa shape index (κ1) is 19.5. The summed E-state index contributed by atoms with van der Waals surface area (Å²) in [5.41, 5.74) is 9.05. The molecule has 150 valence electrons. The Balaban J connectivity index is 1.51. The van der Waals surface area contributed by atoms with E-state index in [1.165, 1.54) is 0 Å². The van der Waals surface area contributed by atoms with Crippen molar-refractivity contribution in [2.75, 3.05) is 24.6 Å². The second-order valence-electron chi connectivity index (χ2n) is 6.99. The average molecular weight is 411 g/mol. The maximum absolute atomic E-state index is 14.7. The minimum absolute atomic E-state index is 0.130. The molecule has 7 heteroatoms. The quantitative estimate of drug-likeness (QED) is 0.502. The van der Waals surface area contributed by atoms with Crippen molar-refractivity contribution in [1.29, 1.82) is 0 Å². The summed E-state index contributed by atoms with van der Waals surface area (Å²) in [6, 6.07) is 16.6. The summed E-state index contributed by atoms with van der Waals surface area (Å²) in [6.45, 7) is 3.72. The van der Waals surface area contributed by atoms with E-state index in [4.69, 9.17) is 10.3 Å². The molecule has 0 aliphatic carbocycles. The topological polar surface area (TPSA) is 67.7 Å². The van der Waals surface area contributed by atoms with E-state index in [0.29, 0.717) is 23.1 Å². The molecular formula is C22H23FN4OS. The monoisotopic (exact) mass is 410 g/mol. The fraction of sp³-hybridized carbons (Fsp3) is 0.273. The molecule has 0 radical (unpaired) electrons. The fourth-order valence-electron chi connectivity index (χ4n) is 3.33. The van der Waals surface area contributed by atoms with E-state index < -0.39 is 0 Å². The van der Waals surface area contributed by atoms with Gasteiger partial charge in [0, 0.05) is 42.1 Å². The van der Waals surface area contributed by atoms with Crippen molar-refractivity contribution in [2.45, 2.75) is 12.8 Å². The number of aromatic nitrogens is 1. The number of guanidine groups is 1. The van der Waals surface area contributed by atoms with Crippen molar-refractivity contribution in [3.63, 3.8) is 0 Å². The molecule has 0 spiro atoms. The van der Waals surface area contributed by atoms with Crippen LogP contribution in [0.25, 0.3) is 11.1 Å². The largest absolute Gasteiger partial charge is 0.369 e. The van der Waals surface area contributed by atoms with Gasteiger partial charge >= 0.3 is 0 Å². The van der Waals surface area contributed by atoms with E-state index >= 15 is 0 Å². The minimum Gasteiger partial charge on any atom is -0.369 e. The Kier molecular flexibility index (Phi) is 5.85. The molecule has 3 aromatic rings. The van der Waals surface area contributed by atoms with Crippen LogP contribution in [0.5, 0.6) is 0 Å². The standard InChI is InChI=1S/C22H23FN4OS/c1-15(17-7-8-18(19(23)13-17)16-5-3-2-4-6-16)20-14-21(28-26-20)25-22(24)27-9-11-29-12-10-27/h2-8,13-15H,9-12H2,1H3,(H2,24,25). The molecule has 0 amide bonds. The molecule has 5 nitrogen and oxygen atoms in total. The van der Waals surface area contributed by atoms with E-state index in [1.807, 2.05) is 66.1 Å². The van der Waals surface area contributed by atoms with E-state index in [2.05, 4.69) is 10.1 Å². The highest BCUT2D eigenvalue weighted by Crippen LogP contribution is 2.30. The molecule has 1 aliphatic rings. The molecule has 2 aromatic carbocycles. The van der Waals surface area contributed by atoms with Gasteiger partial charge in [-0.2, -0.15) is 16.8 Å². The van der Waals surface area contributed by atoms with Gasteiger partial charge in [-0.1, -0.05) is 54.5 Å². The van der Waals surface area contributed by atoms with Crippen molar-refractivity contribution in [3.8, 4) is 11.1 Å². The molecule has 1 aliphatic heterocycles. The molecule has 1 unspecified atom stereocenters. The van der Waals surface area contributed by atoms with Gasteiger partial charge in [0.1, 0.15) is 5.82 Å². The summed E-state index contributed by atoms with van der Waals surface area (Å²) in [5, 5.41) is 4.12. The van der Waals surface area contributed by atoms with Gasteiger partial charge in [0.15, 0.2) is 5.96 Å². The zero-order valence-electron chi connectivity index (χ0n) is 16.2. The third-order valence-corrected chi connectivity index (χ3v) is 6.04. The third kappa shape index (κ3) is 4.45. The molecule has 1 atom stereocenters. The SMILES string of the molecule is CC(c1ccc(-c2ccccc2)c(F)c1)c1cc(N=C(N)N2CCSCC2)on1. The first-order valence-electron chi connectivity index (χ1n) is 9.60. The number of halogens is 1. The Morgan fingerprint density at radius 2 is 1.93 bits per heavy atom. The molecule has 0 saturated carbocycles. The lowest BCUT2D eigenvalue weighted by molar-refractivity contribution is 0.414. The number of nitrogens with zero attached hydrogens (tertiary/aromatic N) is 3. The molecule has 1 aromatic heterocycles. The van der Waals surface area contributed by atoms with Crippen LogP contribution in [-0.4, -0.2) is 40.6 Å². The maximum Gasteiger partial charge on any atom is 0.253 e. The minimum atomic E-state index is -0.255. The first-order valence-corrected chi connectivity index (χ1v) is 10.8. The second-order valence-corrected chi connectivity index (χ2v) is 8.21. The molecular weight excluding hydrogens is 387 g/mol. The number of nitrogens with two attached hydrogens (primary N) is 1. The summed E-state index contributed by atoms with van der Waals surface area (Å²) in [5.74, 6) is 2.51. The normalized spacial score (nSPS) is 16.1. The second kappa shape index (κ2) is 8.69. The number of aliphatic imine (C=N–C) groups is 1. The Labute approximate surface area is 173 Å². The first-order chi connectivity index (χ1) is 14.1. The summed E-state index contributed by atoms with van der Waals surface area (Å²) >= 11 is 1.91. The lowest BCUT2D eigenvalue weighted by Gasteiger charge is -2.26. The van der Waals surface area contributed by atoms with E-state index in [1.54, 1.807) is 12.1 Å². The highest BCUT2D eigenvalue weighted by Gasteiger charge is 2.18. The van der Waals surface area contributed by atoms with E-state index in [-0.39, 0.29) is 11.7 Å². The molecule has 29 heavy (non-hydrogen) atoms. The third-order valence-electron chi connectivity index (χ3n) is 5.10. The predicted molar refractivity (Wildman–Crippen MR) is 116 cm³/mol. The molecule has 4 rings (SSSR count). The van der Waals surface area contributed by atoms with Gasteiger partial charge in [-0.05, 0) is 17.2 Å². The summed E-state index contributed by atoms with van der Waals surface area (Å²) in [6.07, 6.45) is 0. The van der Waals surface area contributed by atoms with Gasteiger partial charge < -0.3 is 15.2 Å². The number of benzene rings is 2. The summed E-state index contributed by atoms with van der Waals surface area (Å²) < 4.78 is 20.1. The number of thioether (sulfide) groups is 1. The van der Waals surface area contributed by atoms with Crippen LogP contribution >= 0.6 is 11.8 Å². The molecule has 1 fully saturated rings. The predicted octanol–water partition coefficient (Wildman–Crippen LogP) is 4.63. The van der Waals surface area contributed by atoms with Gasteiger partial charge in [0.2, 0.25) is 0 Å². The molecule has 1 saturated heterocycles. The van der Waals surface area contributed by atoms with Crippen molar-refractivity contribution in [3.05, 3.63) is 71.7 Å². The van der Waals surface area contributed by atoms with Crippen LogP contribution < -0.4 is 5.73 Å². The van der Waals surface area contributed by atoms with Crippen molar-refractivity contribution in [1.82, 2.24) is 10.1 Å². The molecule has 0 bridgehead atoms. The van der Waals surface area contributed by atoms with Crippen LogP contribution in [-0.2, 0) is 0 Å². The smallest absolute Gasteiger partial charge is 0.253 e. The molecule has 2 heterocycles. The van der Waals surface area contributed by atoms with Crippen LogP contribution in [0.4, 0.5) is 10.3 Å². The number of hydrogen-bond acceptors (Lipinski definition) is 4. The Hall–Kier alpha value is -2.80. The highest BCUT2D eigenvalue weighted by atomic mass is 32.2. The average Bonchev–Trinajstić information content (AvgIpc) is 3.23. The Morgan fingerprint density at radius 1 is 1.17 bits per heavy atom. The van der Waals surface area contributed by atoms with Crippen LogP contribution in [0.15, 0.2) is 64.1 Å². The summed E-state index contributed by atoms with van der Waals surface area (Å²) in [7, 11) is 0. The van der Waals surface area contributed by atoms with E-state index in [0.717, 1.165) is 35.7 Å². The van der Waals surface area contributed by atoms with Crippen molar-refractivity contribution in [2.24, 2.45) is 10.7 Å². The van der Waals surface area contributed by atoms with Crippen LogP contribution in [0.1, 0.15) is 24.1 Å². The summed E-state index contributed by atoms with van der Waals surface area (Å²) in [4.78, 5) is 6.40. The Bertz CT molecular complexity index is 999. The highest BCUT2D eigenvalue weighted by molar-refractivity contribution is 7.99. The number of hydrogen-bond donors (Lipinski definition) is 1. The van der Waals surface area contributed by atoms with Gasteiger partial charge in [-0.3, -0.25) is 0 Å². The van der Waals surface area contributed by atoms with Crippen LogP contribution in [0, 0.1) is 5.82 Å². The van der Waals surface area contributed by atoms with E-state index in [9.17, 15) is 4.39 Å². The fourth-order valence-corrected chi connectivity index (χ4v) is 4.24. The van der Waals surface area contributed by atoms with Crippen molar-refractivity contribution < 1.29 is 8.91 Å². The maximum atomic E-state index is 14.7. The van der Waals surface area contributed by atoms with Gasteiger partial charge in [-0.25, -0.2) is 4.39 Å². The van der Waals surface area contributed by atoms with Crippen LogP contribution in [0.3, 0.4) is 0 Å². The zero-order chi connectivity index (χ0) is 20.2. The zero-order valence-corrected chi connectivity index (χ0v) is 17.0. The van der Waals surface area contributed by atoms with Crippen molar-refractivity contribution >= 4 is 23.6 Å². The van der Waals surface area contributed by atoms with Crippen LogP contribution in [0.2, 0.25) is 0 Å². The van der Waals surface area contributed by atoms with Gasteiger partial charge in [0.25, 0.3) is 5.88 Å². The van der Waals surface area contributed by atoms with Gasteiger partial charge in [0.05, 0.1) is 5.69 Å².